The first-order valence-electron chi connectivity index (χ1n) is 9.37. The predicted octanol–water partition coefficient (Wildman–Crippen LogP) is 5.38. The van der Waals surface area contributed by atoms with Gasteiger partial charge in [0.1, 0.15) is 10.4 Å². The lowest BCUT2D eigenvalue weighted by Crippen LogP contribution is -2.29. The van der Waals surface area contributed by atoms with Crippen molar-refractivity contribution in [3.63, 3.8) is 0 Å². The van der Waals surface area contributed by atoms with Gasteiger partial charge >= 0.3 is 0 Å². The minimum absolute atomic E-state index is 0.640. The lowest BCUT2D eigenvalue weighted by molar-refractivity contribution is 0.223. The van der Waals surface area contributed by atoms with Crippen molar-refractivity contribution in [3.05, 3.63) is 77.2 Å². The van der Waals surface area contributed by atoms with E-state index in [9.17, 15) is 0 Å². The van der Waals surface area contributed by atoms with Gasteiger partial charge in [0.2, 0.25) is 5.71 Å². The molecule has 0 radical (unpaired) electrons. The molecular formula is C22H23N3OS2. The predicted molar refractivity (Wildman–Crippen MR) is 118 cm³/mol. The van der Waals surface area contributed by atoms with Crippen LogP contribution < -0.4 is 0 Å². The summed E-state index contributed by atoms with van der Waals surface area (Å²) in [5.74, 6) is 1.77. The molecule has 0 spiro atoms. The van der Waals surface area contributed by atoms with Gasteiger partial charge < -0.3 is 8.98 Å². The first-order valence-corrected chi connectivity index (χ1v) is 10.8. The highest BCUT2D eigenvalue weighted by atomic mass is 32.2. The molecule has 6 heteroatoms. The molecule has 4 nitrogen and oxygen atoms in total. The Morgan fingerprint density at radius 1 is 1.21 bits per heavy atom. The standard InChI is InChI=1S/C22H23N3OS2/c1-3-11-25-21(27)19-17-10-12-24(14-16-8-6-5-7-9-16)15-18(17)26-20(19)23-22(25)28-13-4-2/h3-9H,1-2,10-15H2. The van der Waals surface area contributed by atoms with Crippen LogP contribution >= 0.6 is 24.0 Å². The van der Waals surface area contributed by atoms with Crippen molar-refractivity contribution in [1.29, 1.82) is 0 Å². The van der Waals surface area contributed by atoms with Crippen LogP contribution in [0.4, 0.5) is 0 Å². The minimum atomic E-state index is 0.640. The average molecular weight is 410 g/mol. The summed E-state index contributed by atoms with van der Waals surface area (Å²) in [6, 6.07) is 10.5. The van der Waals surface area contributed by atoms with Gasteiger partial charge in [-0.05, 0) is 12.0 Å². The quantitative estimate of drug-likeness (QED) is 0.226. The molecule has 2 aromatic heterocycles. The molecule has 0 saturated heterocycles. The number of hydrogen-bond acceptors (Lipinski definition) is 5. The maximum absolute atomic E-state index is 6.20. The normalized spacial score (nSPS) is 14.1. The lowest BCUT2D eigenvalue weighted by atomic mass is 10.0. The van der Waals surface area contributed by atoms with Gasteiger partial charge in [0.15, 0.2) is 5.16 Å². The molecule has 0 aliphatic carbocycles. The Balaban J connectivity index is 1.70. The monoisotopic (exact) mass is 409 g/mol. The van der Waals surface area contributed by atoms with Gasteiger partial charge in [0, 0.05) is 31.0 Å². The van der Waals surface area contributed by atoms with Crippen molar-refractivity contribution in [1.82, 2.24) is 14.5 Å². The Hall–Kier alpha value is -2.15. The zero-order valence-corrected chi connectivity index (χ0v) is 17.4. The molecule has 0 unspecified atom stereocenters. The fourth-order valence-corrected chi connectivity index (χ4v) is 4.79. The van der Waals surface area contributed by atoms with Crippen LogP contribution in [-0.2, 0) is 26.1 Å². The summed E-state index contributed by atoms with van der Waals surface area (Å²) in [5, 5.41) is 1.85. The van der Waals surface area contributed by atoms with Crippen molar-refractivity contribution < 1.29 is 4.42 Å². The van der Waals surface area contributed by atoms with Gasteiger partial charge in [0.25, 0.3) is 0 Å². The Labute approximate surface area is 174 Å². The summed E-state index contributed by atoms with van der Waals surface area (Å²) in [4.78, 5) is 7.20. The molecule has 1 aliphatic heterocycles. The van der Waals surface area contributed by atoms with Crippen LogP contribution in [-0.4, -0.2) is 26.7 Å². The van der Waals surface area contributed by atoms with E-state index in [0.717, 1.165) is 52.8 Å². The Morgan fingerprint density at radius 3 is 2.79 bits per heavy atom. The van der Waals surface area contributed by atoms with Crippen LogP contribution in [0, 0.1) is 4.64 Å². The highest BCUT2D eigenvalue weighted by molar-refractivity contribution is 7.99. The van der Waals surface area contributed by atoms with E-state index in [-0.39, 0.29) is 0 Å². The fraction of sp³-hybridized carbons (Fsp3) is 0.273. The largest absolute Gasteiger partial charge is 0.441 e. The molecular weight excluding hydrogens is 386 g/mol. The number of furan rings is 1. The minimum Gasteiger partial charge on any atom is -0.441 e. The van der Waals surface area contributed by atoms with Gasteiger partial charge in [-0.15, -0.1) is 13.2 Å². The third kappa shape index (κ3) is 3.72. The molecule has 0 N–H and O–H groups in total. The lowest BCUT2D eigenvalue weighted by Gasteiger charge is -2.25. The number of hydrogen-bond donors (Lipinski definition) is 0. The van der Waals surface area contributed by atoms with Crippen molar-refractivity contribution in [2.45, 2.75) is 31.2 Å². The molecule has 144 valence electrons. The first-order chi connectivity index (χ1) is 13.7. The Kier molecular flexibility index (Phi) is 5.80. The van der Waals surface area contributed by atoms with Gasteiger partial charge in [-0.1, -0.05) is 66.5 Å². The molecule has 0 amide bonds. The van der Waals surface area contributed by atoms with Crippen molar-refractivity contribution in [3.8, 4) is 0 Å². The number of nitrogens with zero attached hydrogens (tertiary/aromatic N) is 3. The van der Waals surface area contributed by atoms with Crippen molar-refractivity contribution >= 4 is 35.1 Å². The molecule has 3 heterocycles. The molecule has 0 bridgehead atoms. The maximum atomic E-state index is 6.20. The second kappa shape index (κ2) is 8.47. The second-order valence-electron chi connectivity index (χ2n) is 6.83. The van der Waals surface area contributed by atoms with Gasteiger partial charge in [0.05, 0.1) is 11.9 Å². The summed E-state index contributed by atoms with van der Waals surface area (Å²) >= 11 is 7.45. The zero-order chi connectivity index (χ0) is 19.5. The van der Waals surface area contributed by atoms with E-state index in [1.165, 1.54) is 11.1 Å². The molecule has 0 atom stereocenters. The Bertz CT molecular complexity index is 1070. The van der Waals surface area contributed by atoms with E-state index in [1.54, 1.807) is 11.8 Å². The topological polar surface area (TPSA) is 34.2 Å². The zero-order valence-electron chi connectivity index (χ0n) is 15.8. The first kappa shape index (κ1) is 19.2. The molecule has 0 saturated carbocycles. The number of rotatable bonds is 7. The number of thioether (sulfide) groups is 1. The van der Waals surface area contributed by atoms with Gasteiger partial charge in [-0.25, -0.2) is 0 Å². The molecule has 3 aromatic rings. The Morgan fingerprint density at radius 2 is 2.04 bits per heavy atom. The third-order valence-corrected chi connectivity index (χ3v) is 6.29. The van der Waals surface area contributed by atoms with Crippen LogP contribution in [0.2, 0.25) is 0 Å². The summed E-state index contributed by atoms with van der Waals surface area (Å²) in [7, 11) is 0. The van der Waals surface area contributed by atoms with E-state index in [4.69, 9.17) is 21.6 Å². The van der Waals surface area contributed by atoms with E-state index >= 15 is 0 Å². The highest BCUT2D eigenvalue weighted by Crippen LogP contribution is 2.33. The summed E-state index contributed by atoms with van der Waals surface area (Å²) in [5.41, 5.74) is 3.19. The number of benzene rings is 1. The van der Waals surface area contributed by atoms with Crippen LogP contribution in [0.5, 0.6) is 0 Å². The number of allylic oxidation sites excluding steroid dienone is 1. The maximum Gasteiger partial charge on any atom is 0.231 e. The van der Waals surface area contributed by atoms with Crippen LogP contribution in [0.15, 0.2) is 65.2 Å². The van der Waals surface area contributed by atoms with Crippen LogP contribution in [0.3, 0.4) is 0 Å². The van der Waals surface area contributed by atoms with Crippen molar-refractivity contribution in [2.75, 3.05) is 12.3 Å². The summed E-state index contributed by atoms with van der Waals surface area (Å²) in [6.07, 6.45) is 4.65. The SMILES string of the molecule is C=CCSc1nc2oc3c(c2c(=S)n1CC=C)CCN(Cc1ccccc1)C3. The molecule has 4 rings (SSSR count). The van der Waals surface area contributed by atoms with Gasteiger partial charge in [-0.2, -0.15) is 4.98 Å². The van der Waals surface area contributed by atoms with Crippen molar-refractivity contribution in [2.24, 2.45) is 0 Å². The van der Waals surface area contributed by atoms with E-state index in [2.05, 4.69) is 42.3 Å². The molecule has 28 heavy (non-hydrogen) atoms. The average Bonchev–Trinajstić information content (AvgIpc) is 3.07. The molecule has 0 fully saturated rings. The number of fused-ring (bicyclic) bond motifs is 3. The van der Waals surface area contributed by atoms with E-state index in [0.29, 0.717) is 12.3 Å². The van der Waals surface area contributed by atoms with Gasteiger partial charge in [-0.3, -0.25) is 4.90 Å². The van der Waals surface area contributed by atoms with Crippen LogP contribution in [0.1, 0.15) is 16.9 Å². The van der Waals surface area contributed by atoms with E-state index < -0.39 is 0 Å². The number of aromatic nitrogens is 2. The summed E-state index contributed by atoms with van der Waals surface area (Å²) in [6.45, 7) is 11.0. The van der Waals surface area contributed by atoms with Crippen LogP contribution in [0.25, 0.3) is 11.1 Å². The molecule has 1 aliphatic rings. The summed E-state index contributed by atoms with van der Waals surface area (Å²) < 4.78 is 9.03. The highest BCUT2D eigenvalue weighted by Gasteiger charge is 2.25. The fourth-order valence-electron chi connectivity index (χ4n) is 3.62. The smallest absolute Gasteiger partial charge is 0.231 e. The molecule has 1 aromatic carbocycles. The second-order valence-corrected chi connectivity index (χ2v) is 8.20. The third-order valence-electron chi connectivity index (χ3n) is 4.90. The van der Waals surface area contributed by atoms with E-state index in [1.807, 2.05) is 22.8 Å².